The Kier molecular flexibility index (Phi) is 16.6. The van der Waals surface area contributed by atoms with Gasteiger partial charge in [0, 0.05) is 26.2 Å². The minimum absolute atomic E-state index is 0. The third-order valence-corrected chi connectivity index (χ3v) is 1.39. The fraction of sp³-hybridized carbons (Fsp3) is 0. The summed E-state index contributed by atoms with van der Waals surface area (Å²) >= 11 is 0. The number of benzene rings is 1. The number of aromatic carboxylic acids is 2. The molecule has 0 aliphatic rings. The van der Waals surface area contributed by atoms with Crippen LogP contribution in [-0.2, 0) is 26.2 Å². The van der Waals surface area contributed by atoms with Crippen LogP contribution >= 0.6 is 0 Å². The molecule has 0 heterocycles. The van der Waals surface area contributed by atoms with Gasteiger partial charge in [-0.2, -0.15) is 0 Å². The van der Waals surface area contributed by atoms with E-state index in [-0.39, 0.29) is 132 Å². The predicted molar refractivity (Wildman–Crippen MR) is 57.4 cm³/mol. The van der Waals surface area contributed by atoms with Crippen molar-refractivity contribution in [3.05, 3.63) is 35.4 Å². The minimum Gasteiger partial charge on any atom is 0 e. The molecule has 1 aromatic carbocycles. The van der Waals surface area contributed by atoms with Crippen molar-refractivity contribution < 1.29 is 46.0 Å². The zero-order valence-electron chi connectivity index (χ0n) is 6.52. The minimum atomic E-state index is -1.23. The van der Waals surface area contributed by atoms with Crippen LogP contribution in [0.3, 0.4) is 0 Å². The van der Waals surface area contributed by atoms with Crippen molar-refractivity contribution in [1.29, 1.82) is 0 Å². The van der Waals surface area contributed by atoms with Crippen LogP contribution in [0.25, 0.3) is 0 Å². The summed E-state index contributed by atoms with van der Waals surface area (Å²) < 4.78 is 0. The molecule has 0 bridgehead atoms. The van der Waals surface area contributed by atoms with Gasteiger partial charge in [-0.15, -0.1) is 0 Å². The number of rotatable bonds is 2. The molecular weight excluding hydrogens is 476 g/mol. The number of carboxylic acid groups (broad SMARTS) is 2. The van der Waals surface area contributed by atoms with Crippen molar-refractivity contribution in [1.82, 2.24) is 0 Å². The Hall–Kier alpha value is 2.10. The van der Waals surface area contributed by atoms with Crippen LogP contribution in [0.1, 0.15) is 20.7 Å². The first-order valence-corrected chi connectivity index (χ1v) is 3.18. The molecule has 0 aromatic heterocycles. The molecule has 1 rings (SSSR count). The SMILES string of the molecule is O=C(O)c1ccccc1C(=O)O.[BaH2].[SrH2].[Zr]. The van der Waals surface area contributed by atoms with Crippen molar-refractivity contribution in [3.63, 3.8) is 0 Å². The summed E-state index contributed by atoms with van der Waals surface area (Å²) in [6.07, 6.45) is 0. The van der Waals surface area contributed by atoms with Crippen LogP contribution in [0.15, 0.2) is 24.3 Å². The first-order valence-electron chi connectivity index (χ1n) is 3.18. The first kappa shape index (κ1) is 22.3. The molecule has 0 amide bonds. The van der Waals surface area contributed by atoms with Crippen LogP contribution in [0.4, 0.5) is 0 Å². The van der Waals surface area contributed by atoms with E-state index in [1.54, 1.807) is 0 Å². The van der Waals surface area contributed by atoms with Gasteiger partial charge in [-0.25, -0.2) is 9.59 Å². The molecule has 15 heavy (non-hydrogen) atoms. The first-order chi connectivity index (χ1) is 5.63. The third-order valence-electron chi connectivity index (χ3n) is 1.39. The van der Waals surface area contributed by atoms with Crippen molar-refractivity contribution in [2.75, 3.05) is 0 Å². The van der Waals surface area contributed by atoms with Gasteiger partial charge in [0.15, 0.2) is 0 Å². The molecule has 0 saturated heterocycles. The zero-order chi connectivity index (χ0) is 9.14. The quantitative estimate of drug-likeness (QED) is 0.540. The van der Waals surface area contributed by atoms with E-state index in [0.29, 0.717) is 0 Å². The van der Waals surface area contributed by atoms with E-state index in [9.17, 15) is 9.59 Å². The average Bonchev–Trinajstić information content (AvgIpc) is 2.04. The van der Waals surface area contributed by atoms with E-state index in [0.717, 1.165) is 0 Å². The van der Waals surface area contributed by atoms with Gasteiger partial charge in [-0.05, 0) is 12.1 Å². The van der Waals surface area contributed by atoms with E-state index < -0.39 is 11.9 Å². The molecular formula is C8H10BaO4SrZr. The van der Waals surface area contributed by atoms with Crippen LogP contribution in [0, 0.1) is 0 Å². The molecule has 0 radical (unpaired) electrons. The fourth-order valence-electron chi connectivity index (χ4n) is 0.856. The van der Waals surface area contributed by atoms with Crippen molar-refractivity contribution in [3.8, 4) is 0 Å². The number of carbonyl (C=O) groups is 2. The third kappa shape index (κ3) is 7.19. The second kappa shape index (κ2) is 11.2. The summed E-state index contributed by atoms with van der Waals surface area (Å²) in [4.78, 5) is 20.9. The maximum absolute atomic E-state index is 10.5. The molecule has 0 atom stereocenters. The summed E-state index contributed by atoms with van der Waals surface area (Å²) in [6.45, 7) is 0. The van der Waals surface area contributed by atoms with Crippen molar-refractivity contribution >= 4 is 106 Å². The van der Waals surface area contributed by atoms with Crippen LogP contribution in [0.5, 0.6) is 0 Å². The van der Waals surface area contributed by atoms with E-state index in [1.807, 2.05) is 0 Å². The Morgan fingerprint density at radius 1 is 0.933 bits per heavy atom. The predicted octanol–water partition coefficient (Wildman–Crippen LogP) is -0.752. The molecule has 0 aliphatic heterocycles. The smallest absolute Gasteiger partial charge is 0 e. The average molecular weight is 486 g/mol. The van der Waals surface area contributed by atoms with Crippen LogP contribution < -0.4 is 0 Å². The van der Waals surface area contributed by atoms with E-state index in [2.05, 4.69) is 0 Å². The molecule has 2 N–H and O–H groups in total. The molecule has 0 fully saturated rings. The second-order valence-corrected chi connectivity index (χ2v) is 2.16. The van der Waals surface area contributed by atoms with E-state index in [1.165, 1.54) is 24.3 Å². The summed E-state index contributed by atoms with van der Waals surface area (Å²) in [6, 6.07) is 5.48. The van der Waals surface area contributed by atoms with Gasteiger partial charge in [-0.1, -0.05) is 12.1 Å². The van der Waals surface area contributed by atoms with E-state index >= 15 is 0 Å². The number of hydrogen-bond acceptors (Lipinski definition) is 2. The molecule has 4 nitrogen and oxygen atoms in total. The zero-order valence-corrected chi connectivity index (χ0v) is 8.98. The van der Waals surface area contributed by atoms with Gasteiger partial charge >= 0.3 is 106 Å². The molecule has 7 heteroatoms. The largest absolute Gasteiger partial charge is 0 e. The van der Waals surface area contributed by atoms with Crippen molar-refractivity contribution in [2.45, 2.75) is 0 Å². The summed E-state index contributed by atoms with van der Waals surface area (Å²) in [5.41, 5.74) is -0.380. The van der Waals surface area contributed by atoms with Gasteiger partial charge in [0.1, 0.15) is 0 Å². The van der Waals surface area contributed by atoms with E-state index in [4.69, 9.17) is 10.2 Å². The monoisotopic (exact) mass is 486 g/mol. The molecule has 0 saturated carbocycles. The Bertz CT molecular complexity index is 312. The molecule has 0 unspecified atom stereocenters. The topological polar surface area (TPSA) is 74.6 Å². The summed E-state index contributed by atoms with van der Waals surface area (Å²) in [5.74, 6) is -2.46. The van der Waals surface area contributed by atoms with Crippen LogP contribution in [0.2, 0.25) is 0 Å². The van der Waals surface area contributed by atoms with Gasteiger partial charge in [-0.3, -0.25) is 0 Å². The van der Waals surface area contributed by atoms with Gasteiger partial charge in [0.25, 0.3) is 0 Å². The fourth-order valence-corrected chi connectivity index (χ4v) is 0.856. The Labute approximate surface area is 183 Å². The van der Waals surface area contributed by atoms with Gasteiger partial charge in [0.2, 0.25) is 0 Å². The maximum atomic E-state index is 10.5. The molecule has 0 aliphatic carbocycles. The molecule has 1 aromatic rings. The number of carboxylic acids is 2. The standard InChI is InChI=1S/C8H6O4.Ba.Sr.Zr.4H/c9-7(10)5-3-1-2-4-6(5)8(11)12;;;;;;;/h1-4H,(H,9,10)(H,11,12);;;;;;;. The Morgan fingerprint density at radius 2 is 1.20 bits per heavy atom. The van der Waals surface area contributed by atoms with Crippen molar-refractivity contribution in [2.24, 2.45) is 0 Å². The summed E-state index contributed by atoms with van der Waals surface area (Å²) in [7, 11) is 0. The Balaban J connectivity index is -0.000000480. The van der Waals surface area contributed by atoms with Gasteiger partial charge < -0.3 is 10.2 Å². The van der Waals surface area contributed by atoms with Gasteiger partial charge in [0.05, 0.1) is 11.1 Å². The number of hydrogen-bond donors (Lipinski definition) is 2. The second-order valence-electron chi connectivity index (χ2n) is 2.16. The molecule has 74 valence electrons. The maximum Gasteiger partial charge on any atom is 0 e. The van der Waals surface area contributed by atoms with Crippen LogP contribution in [-0.4, -0.2) is 117 Å². The normalized spacial score (nSPS) is 7.47. The Morgan fingerprint density at radius 3 is 1.40 bits per heavy atom. The molecule has 0 spiro atoms. The summed E-state index contributed by atoms with van der Waals surface area (Å²) in [5, 5.41) is 17.1.